The Hall–Kier alpha value is -1.73. The molecule has 6 nitrogen and oxygen atoms in total. The van der Waals surface area contributed by atoms with E-state index in [4.69, 9.17) is 4.42 Å². The van der Waals surface area contributed by atoms with Gasteiger partial charge in [-0.1, -0.05) is 11.8 Å². The molecule has 1 saturated heterocycles. The summed E-state index contributed by atoms with van der Waals surface area (Å²) in [4.78, 5) is 18.6. The van der Waals surface area contributed by atoms with Crippen LogP contribution >= 0.6 is 11.8 Å². The van der Waals surface area contributed by atoms with Gasteiger partial charge in [-0.15, -0.1) is 0 Å². The Kier molecular flexibility index (Phi) is 5.30. The molecule has 0 spiro atoms. The second-order valence-electron chi connectivity index (χ2n) is 6.27. The summed E-state index contributed by atoms with van der Waals surface area (Å²) in [6.45, 7) is 3.10. The summed E-state index contributed by atoms with van der Waals surface area (Å²) in [5, 5.41) is 10.7. The topological polar surface area (TPSA) is 71.5 Å². The van der Waals surface area contributed by atoms with Gasteiger partial charge in [-0.2, -0.15) is 0 Å². The molecule has 2 atom stereocenters. The van der Waals surface area contributed by atoms with Crippen molar-refractivity contribution in [1.82, 2.24) is 14.5 Å². The third-order valence-electron chi connectivity index (χ3n) is 4.42. The van der Waals surface area contributed by atoms with Crippen molar-refractivity contribution in [2.24, 2.45) is 13.0 Å². The minimum absolute atomic E-state index is 0.0893. The quantitative estimate of drug-likeness (QED) is 0.840. The number of carbonyl (C=O) groups excluding carboxylic acids is 1. The first kappa shape index (κ1) is 17.1. The lowest BCUT2D eigenvalue weighted by atomic mass is 9.93. The minimum atomic E-state index is -0.387. The monoisotopic (exact) mass is 349 g/mol. The molecule has 0 saturated carbocycles. The number of hydrogen-bond donors (Lipinski definition) is 1. The third kappa shape index (κ3) is 3.84. The Morgan fingerprint density at radius 3 is 3.08 bits per heavy atom. The molecule has 1 fully saturated rings. The van der Waals surface area contributed by atoms with Crippen LogP contribution in [0, 0.1) is 5.92 Å². The van der Waals surface area contributed by atoms with E-state index in [1.54, 1.807) is 35.8 Å². The molecule has 0 radical (unpaired) electrons. The standard InChI is InChI=1S/C17H23N3O3S/c1-12(21)13-4-3-8-20(10-13)16(22)15-6-5-14(23-15)11-24-17-18-7-9-19(17)2/h5-7,9,12-13,21H,3-4,8,10-11H2,1-2H3. The van der Waals surface area contributed by atoms with Crippen molar-refractivity contribution in [3.63, 3.8) is 0 Å². The van der Waals surface area contributed by atoms with E-state index in [1.807, 2.05) is 23.9 Å². The lowest BCUT2D eigenvalue weighted by Gasteiger charge is -2.33. The van der Waals surface area contributed by atoms with Crippen molar-refractivity contribution in [3.05, 3.63) is 36.0 Å². The molecule has 0 aromatic carbocycles. The SMILES string of the molecule is CC(O)C1CCCN(C(=O)c2ccc(CSc3nccn3C)o2)C1. The minimum Gasteiger partial charge on any atom is -0.455 e. The zero-order valence-corrected chi connectivity index (χ0v) is 14.8. The maximum absolute atomic E-state index is 12.6. The van der Waals surface area contributed by atoms with Crippen LogP contribution in [0.5, 0.6) is 0 Å². The molecule has 24 heavy (non-hydrogen) atoms. The number of likely N-dealkylation sites (tertiary alicyclic amines) is 1. The molecule has 3 heterocycles. The Morgan fingerprint density at radius 2 is 2.38 bits per heavy atom. The van der Waals surface area contributed by atoms with Crippen LogP contribution in [0.3, 0.4) is 0 Å². The van der Waals surface area contributed by atoms with Gasteiger partial charge in [0.25, 0.3) is 5.91 Å². The summed E-state index contributed by atoms with van der Waals surface area (Å²) in [6, 6.07) is 3.59. The molecule has 1 aliphatic heterocycles. The number of hydrogen-bond acceptors (Lipinski definition) is 5. The number of carbonyl (C=O) groups is 1. The Balaban J connectivity index is 1.60. The highest BCUT2D eigenvalue weighted by Gasteiger charge is 2.28. The molecule has 0 aliphatic carbocycles. The lowest BCUT2D eigenvalue weighted by Crippen LogP contribution is -2.42. The van der Waals surface area contributed by atoms with Crippen LogP contribution < -0.4 is 0 Å². The first-order valence-electron chi connectivity index (χ1n) is 8.21. The van der Waals surface area contributed by atoms with Crippen molar-refractivity contribution in [3.8, 4) is 0 Å². The predicted octanol–water partition coefficient (Wildman–Crippen LogP) is 2.54. The average molecular weight is 349 g/mol. The van der Waals surface area contributed by atoms with Crippen LogP contribution in [-0.2, 0) is 12.8 Å². The maximum Gasteiger partial charge on any atom is 0.289 e. The molecule has 1 N–H and O–H groups in total. The summed E-state index contributed by atoms with van der Waals surface area (Å²) >= 11 is 1.57. The van der Waals surface area contributed by atoms with E-state index in [0.29, 0.717) is 18.1 Å². The molecule has 3 rings (SSSR count). The summed E-state index contributed by atoms with van der Waals surface area (Å²) in [5.41, 5.74) is 0. The van der Waals surface area contributed by atoms with Crippen molar-refractivity contribution >= 4 is 17.7 Å². The van der Waals surface area contributed by atoms with Crippen LogP contribution in [-0.4, -0.2) is 44.7 Å². The van der Waals surface area contributed by atoms with Crippen molar-refractivity contribution in [2.45, 2.75) is 36.8 Å². The number of amides is 1. The smallest absolute Gasteiger partial charge is 0.289 e. The zero-order chi connectivity index (χ0) is 17.1. The number of aromatic nitrogens is 2. The fourth-order valence-electron chi connectivity index (χ4n) is 2.94. The number of aryl methyl sites for hydroxylation is 1. The number of nitrogens with zero attached hydrogens (tertiary/aromatic N) is 3. The van der Waals surface area contributed by atoms with Crippen LogP contribution in [0.25, 0.3) is 0 Å². The van der Waals surface area contributed by atoms with Gasteiger partial charge in [0.1, 0.15) is 5.76 Å². The van der Waals surface area contributed by atoms with E-state index in [1.165, 1.54) is 0 Å². The van der Waals surface area contributed by atoms with Gasteiger partial charge in [-0.25, -0.2) is 4.98 Å². The molecule has 2 aromatic heterocycles. The largest absolute Gasteiger partial charge is 0.455 e. The van der Waals surface area contributed by atoms with Crippen LogP contribution in [0.2, 0.25) is 0 Å². The van der Waals surface area contributed by atoms with Crippen LogP contribution in [0.15, 0.2) is 34.1 Å². The number of aliphatic hydroxyl groups is 1. The fourth-order valence-corrected chi connectivity index (χ4v) is 3.77. The van der Waals surface area contributed by atoms with Gasteiger partial charge in [0.15, 0.2) is 10.9 Å². The van der Waals surface area contributed by atoms with Crippen LogP contribution in [0.4, 0.5) is 0 Å². The second kappa shape index (κ2) is 7.44. The van der Waals surface area contributed by atoms with Gasteiger partial charge < -0.3 is 19.0 Å². The van der Waals surface area contributed by atoms with E-state index < -0.39 is 0 Å². The molecule has 0 bridgehead atoms. The molecule has 130 valence electrons. The van der Waals surface area contributed by atoms with Crippen LogP contribution in [0.1, 0.15) is 36.1 Å². The molecule has 2 aromatic rings. The second-order valence-corrected chi connectivity index (χ2v) is 7.21. The Bertz CT molecular complexity index is 695. The predicted molar refractivity (Wildman–Crippen MR) is 91.8 cm³/mol. The van der Waals surface area contributed by atoms with Gasteiger partial charge >= 0.3 is 0 Å². The molecular formula is C17H23N3O3S. The highest BCUT2D eigenvalue weighted by molar-refractivity contribution is 7.98. The number of piperidine rings is 1. The number of imidazole rings is 1. The normalized spacial score (nSPS) is 19.5. The molecule has 1 amide bonds. The van der Waals surface area contributed by atoms with Gasteiger partial charge in [-0.05, 0) is 31.9 Å². The number of thioether (sulfide) groups is 1. The maximum atomic E-state index is 12.6. The first-order chi connectivity index (χ1) is 11.5. The first-order valence-corrected chi connectivity index (χ1v) is 9.19. The molecular weight excluding hydrogens is 326 g/mol. The van der Waals surface area contributed by atoms with E-state index in [9.17, 15) is 9.90 Å². The van der Waals surface area contributed by atoms with Gasteiger partial charge in [0.2, 0.25) is 0 Å². The zero-order valence-electron chi connectivity index (χ0n) is 14.0. The van der Waals surface area contributed by atoms with E-state index in [-0.39, 0.29) is 17.9 Å². The van der Waals surface area contributed by atoms with Gasteiger partial charge in [0.05, 0.1) is 11.9 Å². The summed E-state index contributed by atoms with van der Waals surface area (Å²) in [7, 11) is 1.95. The molecule has 2 unspecified atom stereocenters. The van der Waals surface area contributed by atoms with E-state index in [2.05, 4.69) is 4.98 Å². The van der Waals surface area contributed by atoms with Gasteiger partial charge in [0, 0.05) is 38.4 Å². The van der Waals surface area contributed by atoms with Crippen molar-refractivity contribution < 1.29 is 14.3 Å². The highest BCUT2D eigenvalue weighted by Crippen LogP contribution is 2.24. The van der Waals surface area contributed by atoms with Crippen molar-refractivity contribution in [2.75, 3.05) is 13.1 Å². The van der Waals surface area contributed by atoms with Gasteiger partial charge in [-0.3, -0.25) is 4.79 Å². The number of furan rings is 1. The van der Waals surface area contributed by atoms with E-state index in [0.717, 1.165) is 30.3 Å². The average Bonchev–Trinajstić information content (AvgIpc) is 3.21. The summed E-state index contributed by atoms with van der Waals surface area (Å²) < 4.78 is 7.67. The Labute approximate surface area is 145 Å². The third-order valence-corrected chi connectivity index (χ3v) is 5.50. The Morgan fingerprint density at radius 1 is 1.54 bits per heavy atom. The molecule has 7 heteroatoms. The highest BCUT2D eigenvalue weighted by atomic mass is 32.2. The number of rotatable bonds is 5. The lowest BCUT2D eigenvalue weighted by molar-refractivity contribution is 0.0442. The summed E-state index contributed by atoms with van der Waals surface area (Å²) in [6.07, 6.45) is 5.15. The number of aliphatic hydroxyl groups excluding tert-OH is 1. The van der Waals surface area contributed by atoms with Crippen molar-refractivity contribution in [1.29, 1.82) is 0 Å². The molecule has 1 aliphatic rings. The van der Waals surface area contributed by atoms with E-state index >= 15 is 0 Å². The summed E-state index contributed by atoms with van der Waals surface area (Å²) in [5.74, 6) is 1.82. The fraction of sp³-hybridized carbons (Fsp3) is 0.529.